The zero-order valence-electron chi connectivity index (χ0n) is 15.6. The fraction of sp³-hybridized carbons (Fsp3) is 0.350. The van der Waals surface area contributed by atoms with Crippen molar-refractivity contribution >= 4 is 29.1 Å². The van der Waals surface area contributed by atoms with Gasteiger partial charge in [-0.25, -0.2) is 0 Å². The van der Waals surface area contributed by atoms with Gasteiger partial charge in [-0.2, -0.15) is 0 Å². The molecular formula is C20H21Cl2NO7. The maximum Gasteiger partial charge on any atom is 0.251 e. The van der Waals surface area contributed by atoms with Crippen molar-refractivity contribution in [3.8, 4) is 5.75 Å². The van der Waals surface area contributed by atoms with Crippen molar-refractivity contribution in [1.82, 2.24) is 5.32 Å². The Morgan fingerprint density at radius 1 is 1.00 bits per heavy atom. The molecule has 1 heterocycles. The summed E-state index contributed by atoms with van der Waals surface area (Å²) >= 11 is 12.4. The first-order chi connectivity index (χ1) is 14.3. The van der Waals surface area contributed by atoms with Gasteiger partial charge in [-0.1, -0.05) is 53.5 Å². The molecule has 5 N–H and O–H groups in total. The van der Waals surface area contributed by atoms with Crippen LogP contribution in [0.1, 0.15) is 15.9 Å². The fourth-order valence-corrected chi connectivity index (χ4v) is 3.55. The highest BCUT2D eigenvalue weighted by atomic mass is 35.5. The molecule has 1 aliphatic heterocycles. The number of rotatable bonds is 6. The molecule has 1 unspecified atom stereocenters. The van der Waals surface area contributed by atoms with Crippen molar-refractivity contribution in [2.45, 2.75) is 37.3 Å². The Morgan fingerprint density at radius 3 is 2.27 bits per heavy atom. The largest absolute Gasteiger partial charge is 0.486 e. The Hall–Kier alpha value is -1.91. The summed E-state index contributed by atoms with van der Waals surface area (Å²) in [6.45, 7) is 0.0154. The SMILES string of the molecule is O=C(NC[C@H]1OC(O)[C@H](O)[C@@H](O)[C@H]1O)c1cc(Cl)c(OCc2ccccc2)c(Cl)c1. The molecule has 162 valence electrons. The normalized spacial score (nSPS) is 26.3. The van der Waals surface area contributed by atoms with E-state index in [0.717, 1.165) is 5.56 Å². The average molecular weight is 458 g/mol. The molecule has 10 heteroatoms. The van der Waals surface area contributed by atoms with Crippen LogP contribution in [0.4, 0.5) is 0 Å². The summed E-state index contributed by atoms with van der Waals surface area (Å²) in [6.07, 6.45) is -7.56. The highest BCUT2D eigenvalue weighted by molar-refractivity contribution is 6.37. The molecule has 1 fully saturated rings. The number of hydrogen-bond acceptors (Lipinski definition) is 7. The molecule has 0 aromatic heterocycles. The minimum absolute atomic E-state index is 0.142. The first kappa shape index (κ1) is 22.8. The number of nitrogens with one attached hydrogen (secondary N) is 1. The van der Waals surface area contributed by atoms with E-state index in [1.807, 2.05) is 30.3 Å². The van der Waals surface area contributed by atoms with E-state index in [1.165, 1.54) is 12.1 Å². The molecule has 0 spiro atoms. The zero-order valence-corrected chi connectivity index (χ0v) is 17.1. The summed E-state index contributed by atoms with van der Waals surface area (Å²) in [5, 5.41) is 41.5. The van der Waals surface area contributed by atoms with E-state index in [9.17, 15) is 25.2 Å². The van der Waals surface area contributed by atoms with Gasteiger partial charge in [-0.15, -0.1) is 0 Å². The Bertz CT molecular complexity index is 860. The van der Waals surface area contributed by atoms with Crippen molar-refractivity contribution in [3.05, 3.63) is 63.6 Å². The highest BCUT2D eigenvalue weighted by Crippen LogP contribution is 2.35. The van der Waals surface area contributed by atoms with Crippen molar-refractivity contribution in [2.75, 3.05) is 6.54 Å². The molecule has 3 rings (SSSR count). The number of hydrogen-bond donors (Lipinski definition) is 5. The summed E-state index contributed by atoms with van der Waals surface area (Å²) in [4.78, 5) is 12.4. The molecule has 2 aromatic carbocycles. The van der Waals surface area contributed by atoms with E-state index in [0.29, 0.717) is 0 Å². The van der Waals surface area contributed by atoms with Crippen LogP contribution in [-0.2, 0) is 11.3 Å². The summed E-state index contributed by atoms with van der Waals surface area (Å²) in [5.41, 5.74) is 1.07. The molecule has 30 heavy (non-hydrogen) atoms. The molecule has 1 aliphatic rings. The van der Waals surface area contributed by atoms with Gasteiger partial charge >= 0.3 is 0 Å². The van der Waals surface area contributed by atoms with Crippen LogP contribution < -0.4 is 10.1 Å². The lowest BCUT2D eigenvalue weighted by atomic mass is 9.99. The zero-order chi connectivity index (χ0) is 21.8. The predicted octanol–water partition coefficient (Wildman–Crippen LogP) is 1.10. The summed E-state index contributed by atoms with van der Waals surface area (Å²) in [6, 6.07) is 12.2. The Kier molecular flexibility index (Phi) is 7.54. The van der Waals surface area contributed by atoms with Gasteiger partial charge in [0.2, 0.25) is 0 Å². The molecule has 5 atom stereocenters. The van der Waals surface area contributed by atoms with Crippen molar-refractivity contribution in [3.63, 3.8) is 0 Å². The molecule has 0 bridgehead atoms. The third-order valence-corrected chi connectivity index (χ3v) is 5.20. The first-order valence-corrected chi connectivity index (χ1v) is 9.85. The quantitative estimate of drug-likeness (QED) is 0.439. The van der Waals surface area contributed by atoms with Crippen LogP contribution in [0.25, 0.3) is 0 Å². The van der Waals surface area contributed by atoms with Gasteiger partial charge in [0.15, 0.2) is 12.0 Å². The van der Waals surface area contributed by atoms with Crippen LogP contribution in [-0.4, -0.2) is 63.6 Å². The Morgan fingerprint density at radius 2 is 1.63 bits per heavy atom. The maximum atomic E-state index is 12.4. The van der Waals surface area contributed by atoms with Gasteiger partial charge < -0.3 is 35.2 Å². The topological polar surface area (TPSA) is 128 Å². The Balaban J connectivity index is 1.62. The van der Waals surface area contributed by atoms with Crippen molar-refractivity contribution in [2.24, 2.45) is 0 Å². The lowest BCUT2D eigenvalue weighted by Gasteiger charge is -2.38. The van der Waals surface area contributed by atoms with Crippen LogP contribution in [0.2, 0.25) is 10.0 Å². The molecule has 0 aliphatic carbocycles. The molecule has 0 radical (unpaired) electrons. The first-order valence-electron chi connectivity index (χ1n) is 9.09. The number of carbonyl (C=O) groups excluding carboxylic acids is 1. The Labute approximate surface area is 182 Å². The van der Waals surface area contributed by atoms with E-state index in [-0.39, 0.29) is 34.5 Å². The monoisotopic (exact) mass is 457 g/mol. The van der Waals surface area contributed by atoms with Gasteiger partial charge in [-0.3, -0.25) is 4.79 Å². The summed E-state index contributed by atoms with van der Waals surface area (Å²) in [7, 11) is 0. The van der Waals surface area contributed by atoms with Crippen LogP contribution in [0.3, 0.4) is 0 Å². The second kappa shape index (κ2) is 9.93. The second-order valence-corrected chi connectivity index (χ2v) is 7.60. The average Bonchev–Trinajstić information content (AvgIpc) is 2.73. The summed E-state index contributed by atoms with van der Waals surface area (Å²) in [5.74, 6) is -0.329. The molecule has 0 saturated carbocycles. The number of halogens is 2. The predicted molar refractivity (Wildman–Crippen MR) is 108 cm³/mol. The van der Waals surface area contributed by atoms with Gasteiger partial charge in [0, 0.05) is 12.1 Å². The number of amides is 1. The number of carbonyl (C=O) groups is 1. The standard InChI is InChI=1S/C20H21Cl2NO7/c21-12-6-11(7-13(22)18(12)29-9-10-4-2-1-3-5-10)19(27)23-8-14-15(24)16(25)17(26)20(28)30-14/h1-7,14-17,20,24-26,28H,8-9H2,(H,23,27)/t14-,15+,16+,17-,20?/m1/s1. The summed E-state index contributed by atoms with van der Waals surface area (Å²) < 4.78 is 10.7. The highest BCUT2D eigenvalue weighted by Gasteiger charge is 2.42. The van der Waals surface area contributed by atoms with Crippen LogP contribution in [0, 0.1) is 0 Å². The van der Waals surface area contributed by atoms with Gasteiger partial charge in [0.05, 0.1) is 10.0 Å². The lowest BCUT2D eigenvalue weighted by Crippen LogP contribution is -2.60. The smallest absolute Gasteiger partial charge is 0.251 e. The molecule has 8 nitrogen and oxygen atoms in total. The second-order valence-electron chi connectivity index (χ2n) is 6.79. The van der Waals surface area contributed by atoms with Crippen LogP contribution in [0.5, 0.6) is 5.75 Å². The number of aliphatic hydroxyl groups excluding tert-OH is 4. The molecular weight excluding hydrogens is 437 g/mol. The molecule has 1 amide bonds. The minimum Gasteiger partial charge on any atom is -0.486 e. The van der Waals surface area contributed by atoms with Gasteiger partial charge in [-0.05, 0) is 17.7 Å². The van der Waals surface area contributed by atoms with Crippen LogP contribution in [0.15, 0.2) is 42.5 Å². The maximum absolute atomic E-state index is 12.4. The van der Waals surface area contributed by atoms with Gasteiger partial charge in [0.25, 0.3) is 5.91 Å². The van der Waals surface area contributed by atoms with E-state index in [2.05, 4.69) is 5.32 Å². The number of aliphatic hydroxyl groups is 4. The molecule has 2 aromatic rings. The lowest BCUT2D eigenvalue weighted by molar-refractivity contribution is -0.279. The van der Waals surface area contributed by atoms with E-state index in [4.69, 9.17) is 32.7 Å². The molecule has 1 saturated heterocycles. The van der Waals surface area contributed by atoms with E-state index >= 15 is 0 Å². The number of ether oxygens (including phenoxy) is 2. The number of benzene rings is 2. The third-order valence-electron chi connectivity index (χ3n) is 4.64. The van der Waals surface area contributed by atoms with E-state index in [1.54, 1.807) is 0 Å². The minimum atomic E-state index is -1.68. The van der Waals surface area contributed by atoms with Crippen molar-refractivity contribution in [1.29, 1.82) is 0 Å². The van der Waals surface area contributed by atoms with Crippen molar-refractivity contribution < 1.29 is 34.7 Å². The van der Waals surface area contributed by atoms with Gasteiger partial charge in [0.1, 0.15) is 31.0 Å². The fourth-order valence-electron chi connectivity index (χ4n) is 2.95. The van der Waals surface area contributed by atoms with Crippen LogP contribution >= 0.6 is 23.2 Å². The third kappa shape index (κ3) is 5.22. The van der Waals surface area contributed by atoms with E-state index < -0.39 is 36.6 Å².